The smallest absolute Gasteiger partial charge is 0.149 e. The third kappa shape index (κ3) is 1.71. The molecule has 1 nitrogen and oxygen atoms in total. The molecule has 0 spiro atoms. The van der Waals surface area contributed by atoms with E-state index in [-0.39, 0.29) is 0 Å². The van der Waals surface area contributed by atoms with Crippen molar-refractivity contribution in [3.63, 3.8) is 0 Å². The van der Waals surface area contributed by atoms with E-state index >= 15 is 0 Å². The molecule has 2 rings (SSSR count). The summed E-state index contributed by atoms with van der Waals surface area (Å²) >= 11 is 6.82. The maximum absolute atomic E-state index is 5.39. The Morgan fingerprint density at radius 1 is 1.00 bits per heavy atom. The van der Waals surface area contributed by atoms with Crippen molar-refractivity contribution in [3.05, 3.63) is 45.5 Å². The van der Waals surface area contributed by atoms with Crippen molar-refractivity contribution >= 4 is 31.9 Å². The van der Waals surface area contributed by atoms with Crippen LogP contribution >= 0.6 is 31.9 Å². The van der Waals surface area contributed by atoms with E-state index in [4.69, 9.17) is 4.42 Å². The SMILES string of the molecule is Brc1coc(-c2ccccc2)c1Br. The van der Waals surface area contributed by atoms with E-state index in [0.717, 1.165) is 20.3 Å². The van der Waals surface area contributed by atoms with Gasteiger partial charge in [0, 0.05) is 5.56 Å². The molecule has 0 aliphatic rings. The normalized spacial score (nSPS) is 10.3. The maximum atomic E-state index is 5.39. The van der Waals surface area contributed by atoms with Gasteiger partial charge in [-0.05, 0) is 31.9 Å². The summed E-state index contributed by atoms with van der Waals surface area (Å²) < 4.78 is 7.28. The van der Waals surface area contributed by atoms with Crippen molar-refractivity contribution in [2.24, 2.45) is 0 Å². The zero-order chi connectivity index (χ0) is 9.26. The second kappa shape index (κ2) is 3.68. The molecule has 0 aliphatic heterocycles. The number of furan rings is 1. The fourth-order valence-electron chi connectivity index (χ4n) is 1.11. The summed E-state index contributed by atoms with van der Waals surface area (Å²) in [4.78, 5) is 0. The highest BCUT2D eigenvalue weighted by atomic mass is 79.9. The number of hydrogen-bond donors (Lipinski definition) is 0. The van der Waals surface area contributed by atoms with Gasteiger partial charge in [0.1, 0.15) is 12.0 Å². The highest BCUT2D eigenvalue weighted by Gasteiger charge is 2.09. The molecule has 2 aromatic rings. The van der Waals surface area contributed by atoms with Gasteiger partial charge in [0.05, 0.1) is 8.95 Å². The van der Waals surface area contributed by atoms with Gasteiger partial charge in [-0.25, -0.2) is 0 Å². The van der Waals surface area contributed by atoms with Gasteiger partial charge in [0.15, 0.2) is 0 Å². The number of benzene rings is 1. The molecule has 0 aliphatic carbocycles. The van der Waals surface area contributed by atoms with E-state index in [1.165, 1.54) is 0 Å². The Bertz CT molecular complexity index is 406. The van der Waals surface area contributed by atoms with Gasteiger partial charge in [-0.1, -0.05) is 30.3 Å². The molecule has 66 valence electrons. The van der Waals surface area contributed by atoms with Crippen molar-refractivity contribution < 1.29 is 4.42 Å². The Kier molecular flexibility index (Phi) is 2.56. The van der Waals surface area contributed by atoms with Crippen LogP contribution in [-0.4, -0.2) is 0 Å². The van der Waals surface area contributed by atoms with Gasteiger partial charge in [-0.2, -0.15) is 0 Å². The van der Waals surface area contributed by atoms with E-state index < -0.39 is 0 Å². The van der Waals surface area contributed by atoms with Crippen LogP contribution in [0.25, 0.3) is 11.3 Å². The van der Waals surface area contributed by atoms with Gasteiger partial charge in [0.25, 0.3) is 0 Å². The van der Waals surface area contributed by atoms with E-state index in [1.807, 2.05) is 30.3 Å². The van der Waals surface area contributed by atoms with Crippen LogP contribution in [0.15, 0.2) is 50.0 Å². The summed E-state index contributed by atoms with van der Waals surface area (Å²) in [6, 6.07) is 9.97. The molecule has 0 N–H and O–H groups in total. The molecule has 0 radical (unpaired) electrons. The van der Waals surface area contributed by atoms with Gasteiger partial charge in [-0.3, -0.25) is 0 Å². The first-order chi connectivity index (χ1) is 6.29. The first kappa shape index (κ1) is 9.03. The van der Waals surface area contributed by atoms with Crippen molar-refractivity contribution in [3.8, 4) is 11.3 Å². The topological polar surface area (TPSA) is 13.1 Å². The lowest BCUT2D eigenvalue weighted by atomic mass is 10.2. The summed E-state index contributed by atoms with van der Waals surface area (Å²) in [6.07, 6.45) is 1.67. The van der Waals surface area contributed by atoms with Gasteiger partial charge in [-0.15, -0.1) is 0 Å². The Balaban J connectivity index is 2.53. The van der Waals surface area contributed by atoms with Gasteiger partial charge >= 0.3 is 0 Å². The number of halogens is 2. The average Bonchev–Trinajstić information content (AvgIpc) is 2.49. The minimum Gasteiger partial charge on any atom is -0.462 e. The van der Waals surface area contributed by atoms with Crippen LogP contribution in [0.2, 0.25) is 0 Å². The lowest BCUT2D eigenvalue weighted by molar-refractivity contribution is 0.580. The monoisotopic (exact) mass is 300 g/mol. The molecular formula is C10H6Br2O. The summed E-state index contributed by atoms with van der Waals surface area (Å²) in [5.74, 6) is 0.854. The Labute approximate surface area is 93.0 Å². The standard InChI is InChI=1S/C10H6Br2O/c11-8-6-13-10(9(8)12)7-4-2-1-3-5-7/h1-6H. The van der Waals surface area contributed by atoms with E-state index in [0.29, 0.717) is 0 Å². The Hall–Kier alpha value is -0.540. The molecular weight excluding hydrogens is 296 g/mol. The van der Waals surface area contributed by atoms with E-state index in [1.54, 1.807) is 6.26 Å². The van der Waals surface area contributed by atoms with Crippen molar-refractivity contribution in [2.45, 2.75) is 0 Å². The first-order valence-corrected chi connectivity index (χ1v) is 5.35. The highest BCUT2D eigenvalue weighted by Crippen LogP contribution is 2.35. The lowest BCUT2D eigenvalue weighted by Gasteiger charge is -1.95. The van der Waals surface area contributed by atoms with Crippen LogP contribution in [-0.2, 0) is 0 Å². The molecule has 13 heavy (non-hydrogen) atoms. The molecule has 0 saturated heterocycles. The Morgan fingerprint density at radius 2 is 1.69 bits per heavy atom. The fraction of sp³-hybridized carbons (Fsp3) is 0. The van der Waals surface area contributed by atoms with Crippen molar-refractivity contribution in [1.29, 1.82) is 0 Å². The van der Waals surface area contributed by atoms with Crippen LogP contribution in [0.5, 0.6) is 0 Å². The minimum atomic E-state index is 0.854. The Morgan fingerprint density at radius 3 is 2.23 bits per heavy atom. The van der Waals surface area contributed by atoms with Crippen molar-refractivity contribution in [1.82, 2.24) is 0 Å². The van der Waals surface area contributed by atoms with E-state index in [2.05, 4.69) is 31.9 Å². The quantitative estimate of drug-likeness (QED) is 0.757. The number of rotatable bonds is 1. The highest BCUT2D eigenvalue weighted by molar-refractivity contribution is 9.13. The third-order valence-electron chi connectivity index (χ3n) is 1.73. The molecule has 3 heteroatoms. The van der Waals surface area contributed by atoms with Gasteiger partial charge < -0.3 is 4.42 Å². The van der Waals surface area contributed by atoms with Gasteiger partial charge in [0.2, 0.25) is 0 Å². The summed E-state index contributed by atoms with van der Waals surface area (Å²) in [7, 11) is 0. The summed E-state index contributed by atoms with van der Waals surface area (Å²) in [5, 5.41) is 0. The molecule has 0 amide bonds. The van der Waals surface area contributed by atoms with Crippen LogP contribution in [0, 0.1) is 0 Å². The molecule has 1 aromatic carbocycles. The van der Waals surface area contributed by atoms with Crippen LogP contribution < -0.4 is 0 Å². The van der Waals surface area contributed by atoms with Crippen molar-refractivity contribution in [2.75, 3.05) is 0 Å². The predicted octanol–water partition coefficient (Wildman–Crippen LogP) is 4.47. The second-order valence-electron chi connectivity index (χ2n) is 2.59. The molecule has 0 bridgehead atoms. The molecule has 0 atom stereocenters. The summed E-state index contributed by atoms with van der Waals surface area (Å²) in [6.45, 7) is 0. The zero-order valence-corrected chi connectivity index (χ0v) is 9.80. The zero-order valence-electron chi connectivity index (χ0n) is 6.63. The van der Waals surface area contributed by atoms with E-state index in [9.17, 15) is 0 Å². The summed E-state index contributed by atoms with van der Waals surface area (Å²) in [5.41, 5.74) is 1.07. The first-order valence-electron chi connectivity index (χ1n) is 3.77. The predicted molar refractivity (Wildman–Crippen MR) is 59.5 cm³/mol. The fourth-order valence-corrected chi connectivity index (χ4v) is 1.80. The second-order valence-corrected chi connectivity index (χ2v) is 4.24. The minimum absolute atomic E-state index is 0.854. The maximum Gasteiger partial charge on any atom is 0.149 e. The molecule has 1 heterocycles. The largest absolute Gasteiger partial charge is 0.462 e. The number of hydrogen-bond acceptors (Lipinski definition) is 1. The molecule has 0 fully saturated rings. The average molecular weight is 302 g/mol. The van der Waals surface area contributed by atoms with Crippen LogP contribution in [0.4, 0.5) is 0 Å². The van der Waals surface area contributed by atoms with Crippen LogP contribution in [0.1, 0.15) is 0 Å². The third-order valence-corrected chi connectivity index (χ3v) is 3.63. The molecule has 0 saturated carbocycles. The van der Waals surface area contributed by atoms with Crippen LogP contribution in [0.3, 0.4) is 0 Å². The molecule has 1 aromatic heterocycles. The lowest BCUT2D eigenvalue weighted by Crippen LogP contribution is -1.72. The molecule has 0 unspecified atom stereocenters.